The van der Waals surface area contributed by atoms with E-state index < -0.39 is 0 Å². The molecular formula is C12H20N6. The van der Waals surface area contributed by atoms with E-state index in [-0.39, 0.29) is 6.04 Å². The number of rotatable bonds is 5. The predicted octanol–water partition coefficient (Wildman–Crippen LogP) is 0.973. The molecule has 1 unspecified atom stereocenters. The molecule has 0 aliphatic heterocycles. The second-order valence-electron chi connectivity index (χ2n) is 4.52. The van der Waals surface area contributed by atoms with Crippen molar-refractivity contribution < 1.29 is 0 Å². The maximum atomic E-state index is 6.23. The molecule has 2 rings (SSSR count). The topological polar surface area (TPSA) is 74.6 Å². The maximum Gasteiger partial charge on any atom is 0.138 e. The van der Waals surface area contributed by atoms with Crippen molar-refractivity contribution in [3.63, 3.8) is 0 Å². The second-order valence-corrected chi connectivity index (χ2v) is 4.52. The van der Waals surface area contributed by atoms with Crippen LogP contribution < -0.4 is 5.73 Å². The highest BCUT2D eigenvalue weighted by Gasteiger charge is 2.16. The summed E-state index contributed by atoms with van der Waals surface area (Å²) in [5, 5.41) is 8.43. The Morgan fingerprint density at radius 1 is 1.39 bits per heavy atom. The Kier molecular flexibility index (Phi) is 3.76. The van der Waals surface area contributed by atoms with Crippen molar-refractivity contribution in [1.82, 2.24) is 24.5 Å². The summed E-state index contributed by atoms with van der Waals surface area (Å²) >= 11 is 0. The van der Waals surface area contributed by atoms with Crippen LogP contribution >= 0.6 is 0 Å². The summed E-state index contributed by atoms with van der Waals surface area (Å²) in [6.07, 6.45) is 5.15. The highest BCUT2D eigenvalue weighted by atomic mass is 15.3. The van der Waals surface area contributed by atoms with Crippen LogP contribution in [0.3, 0.4) is 0 Å². The van der Waals surface area contributed by atoms with Gasteiger partial charge in [0.1, 0.15) is 12.2 Å². The van der Waals surface area contributed by atoms with Gasteiger partial charge in [-0.05, 0) is 13.3 Å². The van der Waals surface area contributed by atoms with Crippen molar-refractivity contribution in [3.8, 4) is 0 Å². The average Bonchev–Trinajstić information content (AvgIpc) is 2.89. The summed E-state index contributed by atoms with van der Waals surface area (Å²) in [4.78, 5) is 4.28. The molecule has 0 saturated heterocycles. The van der Waals surface area contributed by atoms with Crippen LogP contribution in [0.1, 0.15) is 36.5 Å². The highest BCUT2D eigenvalue weighted by Crippen LogP contribution is 2.17. The molecule has 0 fully saturated rings. The summed E-state index contributed by atoms with van der Waals surface area (Å²) in [7, 11) is 1.92. The van der Waals surface area contributed by atoms with Crippen LogP contribution in [-0.4, -0.2) is 24.5 Å². The molecule has 0 spiro atoms. The summed E-state index contributed by atoms with van der Waals surface area (Å²) in [5.74, 6) is 0.938. The standard InChI is InChI=1S/C12H20N6/c1-4-5-18-12(14-8-16-18)6-11(13)10-7-15-17(3)9(10)2/h7-8,11H,4-6,13H2,1-3H3. The van der Waals surface area contributed by atoms with Crippen molar-refractivity contribution in [1.29, 1.82) is 0 Å². The molecule has 1 atom stereocenters. The number of nitrogens with two attached hydrogens (primary N) is 1. The number of aryl methyl sites for hydroxylation is 2. The predicted molar refractivity (Wildman–Crippen MR) is 68.9 cm³/mol. The van der Waals surface area contributed by atoms with E-state index in [1.807, 2.05) is 29.5 Å². The molecule has 0 aromatic carbocycles. The van der Waals surface area contributed by atoms with Gasteiger partial charge >= 0.3 is 0 Å². The van der Waals surface area contributed by atoms with Crippen molar-refractivity contribution in [2.24, 2.45) is 12.8 Å². The Labute approximate surface area is 107 Å². The van der Waals surface area contributed by atoms with E-state index in [0.717, 1.165) is 30.0 Å². The summed E-state index contributed by atoms with van der Waals surface area (Å²) in [6.45, 7) is 5.03. The van der Waals surface area contributed by atoms with Crippen LogP contribution in [0.25, 0.3) is 0 Å². The Balaban J connectivity index is 2.13. The lowest BCUT2D eigenvalue weighted by Gasteiger charge is -2.11. The first-order valence-corrected chi connectivity index (χ1v) is 6.24. The van der Waals surface area contributed by atoms with Gasteiger partial charge in [0, 0.05) is 37.3 Å². The molecule has 0 bridgehead atoms. The Morgan fingerprint density at radius 3 is 2.78 bits per heavy atom. The quantitative estimate of drug-likeness (QED) is 0.855. The molecule has 0 aliphatic carbocycles. The highest BCUT2D eigenvalue weighted by molar-refractivity contribution is 5.21. The van der Waals surface area contributed by atoms with Crippen molar-refractivity contribution in [2.45, 2.75) is 39.3 Å². The van der Waals surface area contributed by atoms with Gasteiger partial charge in [-0.15, -0.1) is 0 Å². The van der Waals surface area contributed by atoms with Gasteiger partial charge in [-0.1, -0.05) is 6.92 Å². The normalized spacial score (nSPS) is 12.9. The molecule has 2 aromatic rings. The Hall–Kier alpha value is -1.69. The fraction of sp³-hybridized carbons (Fsp3) is 0.583. The molecule has 0 radical (unpaired) electrons. The molecule has 0 amide bonds. The first-order chi connectivity index (χ1) is 8.63. The molecule has 6 heteroatoms. The van der Waals surface area contributed by atoms with Gasteiger partial charge in [0.2, 0.25) is 0 Å². The van der Waals surface area contributed by atoms with E-state index >= 15 is 0 Å². The fourth-order valence-electron chi connectivity index (χ4n) is 2.03. The van der Waals surface area contributed by atoms with E-state index in [1.54, 1.807) is 6.33 Å². The third-order valence-corrected chi connectivity index (χ3v) is 3.21. The van der Waals surface area contributed by atoms with Gasteiger partial charge in [-0.2, -0.15) is 10.2 Å². The zero-order chi connectivity index (χ0) is 13.1. The Morgan fingerprint density at radius 2 is 2.17 bits per heavy atom. The van der Waals surface area contributed by atoms with Crippen LogP contribution in [0, 0.1) is 6.92 Å². The molecule has 2 N–H and O–H groups in total. The van der Waals surface area contributed by atoms with Gasteiger partial charge in [0.15, 0.2) is 0 Å². The van der Waals surface area contributed by atoms with Crippen molar-refractivity contribution in [3.05, 3.63) is 29.6 Å². The van der Waals surface area contributed by atoms with Crippen LogP contribution in [0.5, 0.6) is 0 Å². The molecule has 6 nitrogen and oxygen atoms in total. The molecular weight excluding hydrogens is 228 g/mol. The Bertz CT molecular complexity index is 512. The number of aromatic nitrogens is 5. The first kappa shape index (κ1) is 12.8. The van der Waals surface area contributed by atoms with Gasteiger partial charge in [0.05, 0.1) is 6.20 Å². The molecule has 98 valence electrons. The molecule has 0 saturated carbocycles. The van der Waals surface area contributed by atoms with Crippen LogP contribution in [0.2, 0.25) is 0 Å². The average molecular weight is 248 g/mol. The lowest BCUT2D eigenvalue weighted by molar-refractivity contribution is 0.547. The first-order valence-electron chi connectivity index (χ1n) is 6.24. The number of hydrogen-bond donors (Lipinski definition) is 1. The summed E-state index contributed by atoms with van der Waals surface area (Å²) in [6, 6.07) is -0.0847. The minimum absolute atomic E-state index is 0.0847. The lowest BCUT2D eigenvalue weighted by Crippen LogP contribution is -2.17. The SMILES string of the molecule is CCCn1ncnc1CC(N)c1cnn(C)c1C. The largest absolute Gasteiger partial charge is 0.323 e. The van der Waals surface area contributed by atoms with E-state index in [4.69, 9.17) is 5.73 Å². The van der Waals surface area contributed by atoms with Gasteiger partial charge in [-0.25, -0.2) is 4.98 Å². The number of hydrogen-bond acceptors (Lipinski definition) is 4. The minimum Gasteiger partial charge on any atom is -0.323 e. The summed E-state index contributed by atoms with van der Waals surface area (Å²) in [5.41, 5.74) is 8.40. The minimum atomic E-state index is -0.0847. The maximum absolute atomic E-state index is 6.23. The molecule has 2 aromatic heterocycles. The van der Waals surface area contributed by atoms with Crippen molar-refractivity contribution >= 4 is 0 Å². The monoisotopic (exact) mass is 248 g/mol. The van der Waals surface area contributed by atoms with Crippen LogP contribution in [-0.2, 0) is 20.0 Å². The van der Waals surface area contributed by atoms with Crippen LogP contribution in [0.15, 0.2) is 12.5 Å². The lowest BCUT2D eigenvalue weighted by atomic mass is 10.1. The van der Waals surface area contributed by atoms with Crippen LogP contribution in [0.4, 0.5) is 0 Å². The van der Waals surface area contributed by atoms with Gasteiger partial charge < -0.3 is 5.73 Å². The molecule has 0 aliphatic rings. The van der Waals surface area contributed by atoms with E-state index in [0.29, 0.717) is 6.42 Å². The smallest absolute Gasteiger partial charge is 0.138 e. The zero-order valence-electron chi connectivity index (χ0n) is 11.2. The van der Waals surface area contributed by atoms with Gasteiger partial charge in [0.25, 0.3) is 0 Å². The molecule has 2 heterocycles. The van der Waals surface area contributed by atoms with Crippen molar-refractivity contribution in [2.75, 3.05) is 0 Å². The second kappa shape index (κ2) is 5.30. The summed E-state index contributed by atoms with van der Waals surface area (Å²) < 4.78 is 3.76. The number of nitrogens with zero attached hydrogens (tertiary/aromatic N) is 5. The third-order valence-electron chi connectivity index (χ3n) is 3.21. The van der Waals surface area contributed by atoms with E-state index in [1.165, 1.54) is 0 Å². The fourth-order valence-corrected chi connectivity index (χ4v) is 2.03. The van der Waals surface area contributed by atoms with E-state index in [9.17, 15) is 0 Å². The van der Waals surface area contributed by atoms with Gasteiger partial charge in [-0.3, -0.25) is 9.36 Å². The zero-order valence-corrected chi connectivity index (χ0v) is 11.2. The molecule has 18 heavy (non-hydrogen) atoms. The third kappa shape index (κ3) is 2.43. The van der Waals surface area contributed by atoms with E-state index in [2.05, 4.69) is 22.1 Å².